The van der Waals surface area contributed by atoms with Crippen LogP contribution in [0.15, 0.2) is 36.9 Å². The predicted molar refractivity (Wildman–Crippen MR) is 131 cm³/mol. The average molecular weight is 489 g/mol. The number of aryl methyl sites for hydroxylation is 2. The number of carbonyl (C=O) groups excluding carboxylic acids is 1. The van der Waals surface area contributed by atoms with Crippen molar-refractivity contribution in [3.63, 3.8) is 0 Å². The first-order valence-electron chi connectivity index (χ1n) is 11.8. The van der Waals surface area contributed by atoms with Gasteiger partial charge < -0.3 is 14.6 Å². The molecular formula is C25H25FN8O2. The molecule has 1 saturated heterocycles. The summed E-state index contributed by atoms with van der Waals surface area (Å²) in [5, 5.41) is 6.04. The minimum atomic E-state index is -1.47. The molecule has 36 heavy (non-hydrogen) atoms. The molecule has 0 unspecified atom stereocenters. The van der Waals surface area contributed by atoms with Crippen LogP contribution in [0.2, 0.25) is 0 Å². The molecule has 0 radical (unpaired) electrons. The topological polar surface area (TPSA) is 120 Å². The van der Waals surface area contributed by atoms with Crippen LogP contribution in [0.5, 0.6) is 0 Å². The molecular weight excluding hydrogens is 463 g/mol. The normalized spacial score (nSPS) is 20.3. The number of nitrogens with one attached hydrogen (secondary N) is 2. The summed E-state index contributed by atoms with van der Waals surface area (Å²) in [6.45, 7) is 6.33. The summed E-state index contributed by atoms with van der Waals surface area (Å²) in [5.41, 5.74) is 2.37. The zero-order chi connectivity index (χ0) is 25.1. The second kappa shape index (κ2) is 8.10. The Morgan fingerprint density at radius 2 is 1.94 bits per heavy atom. The van der Waals surface area contributed by atoms with Gasteiger partial charge in [0.15, 0.2) is 11.3 Å². The number of hydrogen-bond donors (Lipinski definition) is 2. The molecule has 6 rings (SSSR count). The Kier molecular flexibility index (Phi) is 5.09. The molecule has 0 saturated carbocycles. The van der Waals surface area contributed by atoms with Gasteiger partial charge in [-0.05, 0) is 32.9 Å². The molecule has 3 aromatic heterocycles. The second-order valence-corrected chi connectivity index (χ2v) is 9.43. The number of amides is 1. The summed E-state index contributed by atoms with van der Waals surface area (Å²) >= 11 is 0. The monoisotopic (exact) mass is 488 g/mol. The summed E-state index contributed by atoms with van der Waals surface area (Å²) in [5.74, 6) is 1.15. The van der Waals surface area contributed by atoms with Crippen LogP contribution in [0.3, 0.4) is 0 Å². The summed E-state index contributed by atoms with van der Waals surface area (Å²) in [4.78, 5) is 35.5. The lowest BCUT2D eigenvalue weighted by Crippen LogP contribution is -2.57. The Balaban J connectivity index is 1.44. The lowest BCUT2D eigenvalue weighted by Gasteiger charge is -2.36. The number of fused-ring (bicyclic) bond motifs is 2. The third-order valence-corrected chi connectivity index (χ3v) is 6.90. The summed E-state index contributed by atoms with van der Waals surface area (Å²) in [7, 11) is 0. The second-order valence-electron chi connectivity index (χ2n) is 9.43. The predicted octanol–water partition coefficient (Wildman–Crippen LogP) is 2.77. The molecule has 2 N–H and O–H groups in total. The van der Waals surface area contributed by atoms with Crippen LogP contribution in [0.1, 0.15) is 25.2 Å². The molecule has 2 aliphatic rings. The van der Waals surface area contributed by atoms with E-state index >= 15 is 0 Å². The van der Waals surface area contributed by atoms with E-state index in [4.69, 9.17) is 9.72 Å². The van der Waals surface area contributed by atoms with Crippen LogP contribution in [-0.4, -0.2) is 60.8 Å². The van der Waals surface area contributed by atoms with Crippen LogP contribution in [0.25, 0.3) is 33.8 Å². The van der Waals surface area contributed by atoms with Crippen molar-refractivity contribution < 1.29 is 13.9 Å². The van der Waals surface area contributed by atoms with Crippen molar-refractivity contribution in [2.24, 2.45) is 0 Å². The number of aromatic nitrogens is 6. The molecule has 184 valence electrons. The fraction of sp³-hybridized carbons (Fsp3) is 0.360. The number of alkyl halides is 1. The van der Waals surface area contributed by atoms with Crippen molar-refractivity contribution in [2.45, 2.75) is 38.5 Å². The molecule has 1 aromatic carbocycles. The van der Waals surface area contributed by atoms with Crippen molar-refractivity contribution >= 4 is 22.8 Å². The minimum Gasteiger partial charge on any atom is -0.375 e. The maximum atomic E-state index is 14.6. The molecule has 5 heterocycles. The molecule has 10 nitrogen and oxygen atoms in total. The Morgan fingerprint density at radius 1 is 1.17 bits per heavy atom. The minimum absolute atomic E-state index is 0.0151. The zero-order valence-electron chi connectivity index (χ0n) is 20.2. The lowest BCUT2D eigenvalue weighted by molar-refractivity contribution is -0.134. The van der Waals surface area contributed by atoms with Crippen LogP contribution in [-0.2, 0) is 21.6 Å². The van der Waals surface area contributed by atoms with Crippen LogP contribution >= 0.6 is 0 Å². The molecule has 0 bridgehead atoms. The van der Waals surface area contributed by atoms with E-state index in [9.17, 15) is 9.18 Å². The number of carbonyl (C=O) groups is 1. The van der Waals surface area contributed by atoms with Gasteiger partial charge in [0.1, 0.15) is 34.7 Å². The highest BCUT2D eigenvalue weighted by molar-refractivity contribution is 6.06. The largest absolute Gasteiger partial charge is 0.375 e. The van der Waals surface area contributed by atoms with Gasteiger partial charge >= 0.3 is 0 Å². The van der Waals surface area contributed by atoms with Crippen molar-refractivity contribution in [2.75, 3.05) is 25.1 Å². The van der Waals surface area contributed by atoms with E-state index in [1.165, 1.54) is 6.33 Å². The van der Waals surface area contributed by atoms with Gasteiger partial charge in [-0.25, -0.2) is 29.3 Å². The van der Waals surface area contributed by atoms with Gasteiger partial charge in [-0.15, -0.1) is 0 Å². The smallest absolute Gasteiger partial charge is 0.249 e. The Morgan fingerprint density at radius 3 is 2.64 bits per heavy atom. The maximum absolute atomic E-state index is 14.6. The highest BCUT2D eigenvalue weighted by Crippen LogP contribution is 2.40. The van der Waals surface area contributed by atoms with E-state index in [0.29, 0.717) is 40.7 Å². The molecule has 1 atom stereocenters. The number of benzene rings is 1. The molecule has 4 aromatic rings. The van der Waals surface area contributed by atoms with E-state index in [-0.39, 0.29) is 25.7 Å². The Bertz CT molecular complexity index is 1500. The highest BCUT2D eigenvalue weighted by atomic mass is 19.1. The third kappa shape index (κ3) is 3.46. The van der Waals surface area contributed by atoms with Gasteiger partial charge in [0.25, 0.3) is 0 Å². The fourth-order valence-corrected chi connectivity index (χ4v) is 4.70. The molecule has 11 heteroatoms. The van der Waals surface area contributed by atoms with E-state index in [1.54, 1.807) is 19.3 Å². The quantitative estimate of drug-likeness (QED) is 0.425. The van der Waals surface area contributed by atoms with Crippen molar-refractivity contribution in [1.82, 2.24) is 34.8 Å². The molecule has 1 amide bonds. The first-order chi connectivity index (χ1) is 17.3. The highest BCUT2D eigenvalue weighted by Gasteiger charge is 2.46. The van der Waals surface area contributed by atoms with Gasteiger partial charge in [0.05, 0.1) is 18.8 Å². The number of ether oxygens (including phenoxy) is 1. The van der Waals surface area contributed by atoms with E-state index in [2.05, 4.69) is 30.6 Å². The fourth-order valence-electron chi connectivity index (χ4n) is 4.70. The zero-order valence-corrected chi connectivity index (χ0v) is 20.2. The van der Waals surface area contributed by atoms with Gasteiger partial charge in [0.2, 0.25) is 5.91 Å². The van der Waals surface area contributed by atoms with Crippen LogP contribution in [0, 0.1) is 6.92 Å². The van der Waals surface area contributed by atoms with Crippen molar-refractivity contribution in [3.05, 3.63) is 48.3 Å². The van der Waals surface area contributed by atoms with E-state index in [1.807, 2.05) is 36.6 Å². The van der Waals surface area contributed by atoms with Gasteiger partial charge in [-0.2, -0.15) is 0 Å². The number of rotatable bonds is 6. The lowest BCUT2D eigenvalue weighted by atomic mass is 9.90. The van der Waals surface area contributed by atoms with Crippen molar-refractivity contribution in [3.8, 4) is 22.6 Å². The van der Waals surface area contributed by atoms with Crippen molar-refractivity contribution in [1.29, 1.82) is 0 Å². The Hall–Kier alpha value is -3.83. The molecule has 0 aliphatic carbocycles. The van der Waals surface area contributed by atoms with Gasteiger partial charge in [-0.1, -0.05) is 6.07 Å². The first-order valence-corrected chi connectivity index (χ1v) is 11.8. The van der Waals surface area contributed by atoms with Gasteiger partial charge in [-0.3, -0.25) is 10.1 Å². The average Bonchev–Trinajstić information content (AvgIpc) is 3.36. The van der Waals surface area contributed by atoms with Gasteiger partial charge in [0, 0.05) is 42.3 Å². The molecule has 0 spiro atoms. The number of imidazole rings is 1. The maximum Gasteiger partial charge on any atom is 0.249 e. The SMILES string of the molecule is CCn1c(-c2cnc(C)nc2)nc2c(-c3ccc4c(c3)[C@@](C)(NCC3(F)COC3)C(=O)N4)ncnc21. The first kappa shape index (κ1) is 22.6. The number of nitrogens with zero attached hydrogens (tertiary/aromatic N) is 6. The summed E-state index contributed by atoms with van der Waals surface area (Å²) in [6.07, 6.45) is 5.01. The summed E-state index contributed by atoms with van der Waals surface area (Å²) < 4.78 is 21.6. The number of hydrogen-bond acceptors (Lipinski definition) is 8. The summed E-state index contributed by atoms with van der Waals surface area (Å²) in [6, 6.07) is 5.64. The standard InChI is InChI=1S/C25H25FN8O2/c1-4-34-21(16-8-27-14(2)28-9-16)33-20-19(29-13-30-22(20)34)15-5-6-18-17(7-15)24(3,23(35)32-18)31-10-25(26)11-36-12-25/h5-9,13,31H,4,10-12H2,1-3H3,(H,32,35)/t24-/m1/s1. The Labute approximate surface area is 206 Å². The van der Waals surface area contributed by atoms with Crippen LogP contribution in [0.4, 0.5) is 10.1 Å². The number of halogens is 1. The molecule has 1 fully saturated rings. The van der Waals surface area contributed by atoms with E-state index in [0.717, 1.165) is 16.7 Å². The van der Waals surface area contributed by atoms with Crippen LogP contribution < -0.4 is 10.6 Å². The number of anilines is 1. The van der Waals surface area contributed by atoms with E-state index < -0.39 is 11.2 Å². The third-order valence-electron chi connectivity index (χ3n) is 6.90. The molecule has 2 aliphatic heterocycles.